The lowest BCUT2D eigenvalue weighted by atomic mass is 9.78. The number of nitrogens with one attached hydrogen (secondary N) is 2. The fraction of sp³-hybridized carbons (Fsp3) is 0.423. The van der Waals surface area contributed by atoms with Gasteiger partial charge in [0, 0.05) is 18.4 Å². The number of ether oxygens (including phenoxy) is 1. The lowest BCUT2D eigenvalue weighted by Gasteiger charge is -2.34. The Balaban J connectivity index is 1.37. The Hall–Kier alpha value is -3.35. The summed E-state index contributed by atoms with van der Waals surface area (Å²) in [4.78, 5) is 36.3. The second-order valence-corrected chi connectivity index (χ2v) is 8.84. The van der Waals surface area contributed by atoms with Crippen LogP contribution in [0.25, 0.3) is 11.1 Å². The van der Waals surface area contributed by atoms with Gasteiger partial charge in [0.15, 0.2) is 0 Å². The molecule has 0 spiro atoms. The van der Waals surface area contributed by atoms with E-state index in [1.165, 1.54) is 0 Å². The molecule has 4 rings (SSSR count). The van der Waals surface area contributed by atoms with Gasteiger partial charge < -0.3 is 20.5 Å². The molecule has 2 aromatic carbocycles. The highest BCUT2D eigenvalue weighted by Crippen LogP contribution is 2.44. The second kappa shape index (κ2) is 10.1. The number of carbonyl (C=O) groups is 3. The van der Waals surface area contributed by atoms with E-state index < -0.39 is 18.1 Å². The minimum atomic E-state index is -1.06. The second-order valence-electron chi connectivity index (χ2n) is 8.84. The molecule has 7 nitrogen and oxygen atoms in total. The Bertz CT molecular complexity index is 987. The summed E-state index contributed by atoms with van der Waals surface area (Å²) in [5.74, 6) is -1.27. The van der Waals surface area contributed by atoms with Gasteiger partial charge >= 0.3 is 12.1 Å². The molecule has 0 aliphatic heterocycles. The van der Waals surface area contributed by atoms with Gasteiger partial charge in [0.25, 0.3) is 0 Å². The van der Waals surface area contributed by atoms with Crippen molar-refractivity contribution in [3.63, 3.8) is 0 Å². The van der Waals surface area contributed by atoms with Crippen molar-refractivity contribution in [2.75, 3.05) is 6.61 Å². The zero-order valence-corrected chi connectivity index (χ0v) is 18.8. The number of aliphatic carboxylic acids is 1. The third-order valence-electron chi connectivity index (χ3n) is 6.81. The van der Waals surface area contributed by atoms with E-state index in [0.717, 1.165) is 41.5 Å². The maximum Gasteiger partial charge on any atom is 0.407 e. The average molecular weight is 451 g/mol. The van der Waals surface area contributed by atoms with Crippen molar-refractivity contribution in [2.24, 2.45) is 5.92 Å². The lowest BCUT2D eigenvalue weighted by Crippen LogP contribution is -2.48. The first-order valence-electron chi connectivity index (χ1n) is 11.6. The van der Waals surface area contributed by atoms with E-state index in [9.17, 15) is 19.5 Å². The van der Waals surface area contributed by atoms with Crippen LogP contribution in [-0.4, -0.2) is 41.8 Å². The largest absolute Gasteiger partial charge is 0.480 e. The summed E-state index contributed by atoms with van der Waals surface area (Å²) in [7, 11) is 0. The number of fused-ring (bicyclic) bond motifs is 3. The molecule has 3 N–H and O–H groups in total. The number of rotatable bonds is 9. The SMILES string of the molecule is CC[C@@H](NC(=O)CC(NC(=O)OCC1c2ccccc2-c2ccccc21)C1CCC1)C(=O)O. The van der Waals surface area contributed by atoms with Crippen molar-refractivity contribution in [2.45, 2.75) is 57.0 Å². The third-order valence-corrected chi connectivity index (χ3v) is 6.81. The summed E-state index contributed by atoms with van der Waals surface area (Å²) in [6, 6.07) is 15.0. The summed E-state index contributed by atoms with van der Waals surface area (Å²) < 4.78 is 5.64. The Labute approximate surface area is 193 Å². The van der Waals surface area contributed by atoms with Crippen molar-refractivity contribution >= 4 is 18.0 Å². The van der Waals surface area contributed by atoms with E-state index in [2.05, 4.69) is 34.9 Å². The Morgan fingerprint density at radius 2 is 1.61 bits per heavy atom. The van der Waals surface area contributed by atoms with E-state index in [-0.39, 0.29) is 36.8 Å². The van der Waals surface area contributed by atoms with Crippen molar-refractivity contribution in [1.82, 2.24) is 10.6 Å². The number of hydrogen-bond acceptors (Lipinski definition) is 4. The molecule has 2 aromatic rings. The number of benzene rings is 2. The van der Waals surface area contributed by atoms with Crippen LogP contribution >= 0.6 is 0 Å². The number of alkyl carbamates (subject to hydrolysis) is 1. The molecule has 0 saturated heterocycles. The highest BCUT2D eigenvalue weighted by molar-refractivity contribution is 5.84. The van der Waals surface area contributed by atoms with Crippen LogP contribution in [0.4, 0.5) is 4.79 Å². The first kappa shape index (κ1) is 22.8. The number of hydrogen-bond donors (Lipinski definition) is 3. The van der Waals surface area contributed by atoms with Crippen LogP contribution in [0.15, 0.2) is 48.5 Å². The molecule has 1 saturated carbocycles. The molecule has 1 fully saturated rings. The first-order chi connectivity index (χ1) is 16.0. The molecule has 0 heterocycles. The maximum absolute atomic E-state index is 12.7. The summed E-state index contributed by atoms with van der Waals surface area (Å²) in [6.07, 6.45) is 2.71. The lowest BCUT2D eigenvalue weighted by molar-refractivity contribution is -0.142. The molecule has 2 aliphatic carbocycles. The molecular weight excluding hydrogens is 420 g/mol. The quantitative estimate of drug-likeness (QED) is 0.534. The highest BCUT2D eigenvalue weighted by atomic mass is 16.5. The van der Waals surface area contributed by atoms with Gasteiger partial charge in [-0.05, 0) is 47.4 Å². The standard InChI is InChI=1S/C26H30N2O5/c1-2-22(25(30)31)27-24(29)14-23(16-8-7-9-16)28-26(32)33-15-21-19-12-5-3-10-17(19)18-11-4-6-13-20(18)21/h3-6,10-13,16,21-23H,2,7-9,14-15H2,1H3,(H,27,29)(H,28,32)(H,30,31)/t22-,23?/m1/s1. The smallest absolute Gasteiger partial charge is 0.407 e. The molecule has 2 aliphatic rings. The van der Waals surface area contributed by atoms with Crippen molar-refractivity contribution < 1.29 is 24.2 Å². The zero-order chi connectivity index (χ0) is 23.4. The van der Waals surface area contributed by atoms with E-state index in [1.807, 2.05) is 24.3 Å². The van der Waals surface area contributed by atoms with Gasteiger partial charge in [0.2, 0.25) is 5.91 Å². The molecular formula is C26H30N2O5. The number of carboxylic acids is 1. The minimum Gasteiger partial charge on any atom is -0.480 e. The summed E-state index contributed by atoms with van der Waals surface area (Å²) in [6.45, 7) is 1.91. The monoisotopic (exact) mass is 450 g/mol. The van der Waals surface area contributed by atoms with Crippen molar-refractivity contribution in [3.05, 3.63) is 59.7 Å². The summed E-state index contributed by atoms with van der Waals surface area (Å²) in [5, 5.41) is 14.6. The third kappa shape index (κ3) is 5.02. The topological polar surface area (TPSA) is 105 Å². The minimum absolute atomic E-state index is 0.0329. The van der Waals surface area contributed by atoms with Crippen molar-refractivity contribution in [3.8, 4) is 11.1 Å². The van der Waals surface area contributed by atoms with E-state index in [4.69, 9.17) is 4.74 Å². The number of carbonyl (C=O) groups excluding carboxylic acids is 2. The normalized spacial score (nSPS) is 16.6. The molecule has 1 unspecified atom stereocenters. The van der Waals surface area contributed by atoms with Crippen LogP contribution in [0.3, 0.4) is 0 Å². The van der Waals surface area contributed by atoms with Gasteiger partial charge in [-0.3, -0.25) is 4.79 Å². The summed E-state index contributed by atoms with van der Waals surface area (Å²) >= 11 is 0. The molecule has 0 bridgehead atoms. The molecule has 33 heavy (non-hydrogen) atoms. The first-order valence-corrected chi connectivity index (χ1v) is 11.6. The Morgan fingerprint density at radius 1 is 1.00 bits per heavy atom. The van der Waals surface area contributed by atoms with Gasteiger partial charge in [-0.2, -0.15) is 0 Å². The number of carboxylic acid groups (broad SMARTS) is 1. The van der Waals surface area contributed by atoms with Crippen molar-refractivity contribution in [1.29, 1.82) is 0 Å². The molecule has 0 radical (unpaired) electrons. The maximum atomic E-state index is 12.7. The Kier molecular flexibility index (Phi) is 6.96. The zero-order valence-electron chi connectivity index (χ0n) is 18.8. The fourth-order valence-electron chi connectivity index (χ4n) is 4.76. The van der Waals surface area contributed by atoms with Gasteiger partial charge in [0.1, 0.15) is 12.6 Å². The van der Waals surface area contributed by atoms with Crippen LogP contribution in [0.2, 0.25) is 0 Å². The van der Waals surface area contributed by atoms with Gasteiger partial charge in [-0.15, -0.1) is 0 Å². The van der Waals surface area contributed by atoms with Crippen LogP contribution in [0.5, 0.6) is 0 Å². The predicted molar refractivity (Wildman–Crippen MR) is 124 cm³/mol. The fourth-order valence-corrected chi connectivity index (χ4v) is 4.76. The molecule has 0 aromatic heterocycles. The van der Waals surface area contributed by atoms with Gasteiger partial charge in [-0.1, -0.05) is 61.9 Å². The van der Waals surface area contributed by atoms with Crippen LogP contribution < -0.4 is 10.6 Å². The van der Waals surface area contributed by atoms with E-state index >= 15 is 0 Å². The molecule has 7 heteroatoms. The van der Waals surface area contributed by atoms with E-state index in [1.54, 1.807) is 6.92 Å². The van der Waals surface area contributed by atoms with Crippen LogP contribution in [0, 0.1) is 5.92 Å². The average Bonchev–Trinajstić information content (AvgIpc) is 3.08. The van der Waals surface area contributed by atoms with Gasteiger partial charge in [-0.25, -0.2) is 9.59 Å². The number of amides is 2. The highest BCUT2D eigenvalue weighted by Gasteiger charge is 2.33. The van der Waals surface area contributed by atoms with Crippen LogP contribution in [-0.2, 0) is 14.3 Å². The molecule has 2 amide bonds. The predicted octanol–water partition coefficient (Wildman–Crippen LogP) is 4.06. The summed E-state index contributed by atoms with van der Waals surface area (Å²) in [5.41, 5.74) is 4.60. The molecule has 2 atom stereocenters. The molecule has 174 valence electrons. The van der Waals surface area contributed by atoms with E-state index in [0.29, 0.717) is 6.42 Å². The Morgan fingerprint density at radius 3 is 2.12 bits per heavy atom. The van der Waals surface area contributed by atoms with Crippen LogP contribution in [0.1, 0.15) is 56.1 Å². The van der Waals surface area contributed by atoms with Gasteiger partial charge in [0.05, 0.1) is 0 Å².